The minimum atomic E-state index is -3.16. The van der Waals surface area contributed by atoms with Crippen LogP contribution in [0.2, 0.25) is 0 Å². The molecule has 0 aliphatic rings. The van der Waals surface area contributed by atoms with E-state index in [0.717, 1.165) is 12.0 Å². The number of hydrogen-bond donors (Lipinski definition) is 1. The van der Waals surface area contributed by atoms with Crippen LogP contribution in [0.5, 0.6) is 0 Å². The van der Waals surface area contributed by atoms with Crippen molar-refractivity contribution in [3.63, 3.8) is 0 Å². The molecule has 15 heavy (non-hydrogen) atoms. The predicted molar refractivity (Wildman–Crippen MR) is 62.6 cm³/mol. The Morgan fingerprint density at radius 3 is 2.60 bits per heavy atom. The van der Waals surface area contributed by atoms with Gasteiger partial charge in [-0.2, -0.15) is 0 Å². The van der Waals surface area contributed by atoms with E-state index >= 15 is 0 Å². The molecule has 0 heterocycles. The lowest BCUT2D eigenvalue weighted by atomic mass is 10.2. The monoisotopic (exact) mass is 227 g/mol. The van der Waals surface area contributed by atoms with Crippen molar-refractivity contribution in [2.45, 2.75) is 31.6 Å². The zero-order chi connectivity index (χ0) is 11.5. The third kappa shape index (κ3) is 2.96. The molecule has 0 aliphatic heterocycles. The molecule has 0 saturated heterocycles. The van der Waals surface area contributed by atoms with Crippen molar-refractivity contribution < 1.29 is 8.42 Å². The first-order valence-corrected chi connectivity index (χ1v) is 6.71. The van der Waals surface area contributed by atoms with Gasteiger partial charge in [-0.05, 0) is 31.0 Å². The molecule has 0 amide bonds. The summed E-state index contributed by atoms with van der Waals surface area (Å²) in [6.45, 7) is 3.76. The normalized spacial score (nSPS) is 11.6. The number of unbranched alkanes of at least 4 members (excludes halogenated alkanes) is 1. The van der Waals surface area contributed by atoms with Crippen LogP contribution in [0, 0.1) is 6.92 Å². The van der Waals surface area contributed by atoms with Crippen molar-refractivity contribution in [3.05, 3.63) is 23.8 Å². The van der Waals surface area contributed by atoms with Crippen LogP contribution in [0.4, 0.5) is 5.69 Å². The first-order valence-electron chi connectivity index (χ1n) is 5.06. The Labute approximate surface area is 91.2 Å². The van der Waals surface area contributed by atoms with E-state index in [1.54, 1.807) is 25.1 Å². The number of sulfone groups is 1. The third-order valence-corrected chi connectivity index (χ3v) is 4.25. The highest BCUT2D eigenvalue weighted by molar-refractivity contribution is 7.91. The Balaban J connectivity index is 3.09. The summed E-state index contributed by atoms with van der Waals surface area (Å²) in [6.07, 6.45) is 1.57. The van der Waals surface area contributed by atoms with Crippen LogP contribution in [0.25, 0.3) is 0 Å². The summed E-state index contributed by atoms with van der Waals surface area (Å²) in [5.41, 5.74) is 6.85. The SMILES string of the molecule is CCCCS(=O)(=O)c1cc(N)ccc1C. The van der Waals surface area contributed by atoms with E-state index in [0.29, 0.717) is 17.0 Å². The molecule has 1 rings (SSSR count). The smallest absolute Gasteiger partial charge is 0.178 e. The molecule has 2 N–H and O–H groups in total. The molecule has 0 spiro atoms. The number of hydrogen-bond acceptors (Lipinski definition) is 3. The van der Waals surface area contributed by atoms with Crippen LogP contribution in [-0.4, -0.2) is 14.2 Å². The molecular weight excluding hydrogens is 210 g/mol. The summed E-state index contributed by atoms with van der Waals surface area (Å²) >= 11 is 0. The Morgan fingerprint density at radius 2 is 2.00 bits per heavy atom. The lowest BCUT2D eigenvalue weighted by Crippen LogP contribution is -2.08. The van der Waals surface area contributed by atoms with Crippen LogP contribution in [0.1, 0.15) is 25.3 Å². The van der Waals surface area contributed by atoms with Crippen molar-refractivity contribution in [2.24, 2.45) is 0 Å². The highest BCUT2D eigenvalue weighted by Crippen LogP contribution is 2.20. The van der Waals surface area contributed by atoms with E-state index in [1.165, 1.54) is 0 Å². The standard InChI is InChI=1S/C11H17NO2S/c1-3-4-7-15(13,14)11-8-10(12)6-5-9(11)2/h5-6,8H,3-4,7,12H2,1-2H3. The van der Waals surface area contributed by atoms with E-state index in [2.05, 4.69) is 0 Å². The van der Waals surface area contributed by atoms with Crippen LogP contribution >= 0.6 is 0 Å². The molecule has 0 fully saturated rings. The van der Waals surface area contributed by atoms with Gasteiger partial charge in [-0.3, -0.25) is 0 Å². The molecule has 84 valence electrons. The maximum atomic E-state index is 11.9. The van der Waals surface area contributed by atoms with Crippen LogP contribution in [-0.2, 0) is 9.84 Å². The van der Waals surface area contributed by atoms with Gasteiger partial charge in [0.2, 0.25) is 0 Å². The largest absolute Gasteiger partial charge is 0.399 e. The van der Waals surface area contributed by atoms with Crippen molar-refractivity contribution in [1.82, 2.24) is 0 Å². The second-order valence-electron chi connectivity index (χ2n) is 3.70. The maximum absolute atomic E-state index is 11.9. The zero-order valence-corrected chi connectivity index (χ0v) is 9.97. The molecule has 0 saturated carbocycles. The number of nitrogens with two attached hydrogens (primary N) is 1. The molecule has 1 aromatic carbocycles. The Bertz CT molecular complexity index is 438. The van der Waals surface area contributed by atoms with Crippen LogP contribution in [0.3, 0.4) is 0 Å². The van der Waals surface area contributed by atoms with Gasteiger partial charge in [-0.1, -0.05) is 19.4 Å². The second-order valence-corrected chi connectivity index (χ2v) is 5.77. The first kappa shape index (κ1) is 12.0. The molecule has 0 radical (unpaired) electrons. The molecule has 3 nitrogen and oxygen atoms in total. The molecular formula is C11H17NO2S. The summed E-state index contributed by atoms with van der Waals surface area (Å²) in [6, 6.07) is 5.00. The van der Waals surface area contributed by atoms with Gasteiger partial charge < -0.3 is 5.73 Å². The van der Waals surface area contributed by atoms with E-state index in [4.69, 9.17) is 5.73 Å². The van der Waals surface area contributed by atoms with Gasteiger partial charge in [0.25, 0.3) is 0 Å². The van der Waals surface area contributed by atoms with Crippen molar-refractivity contribution >= 4 is 15.5 Å². The Kier molecular flexibility index (Phi) is 3.74. The van der Waals surface area contributed by atoms with Crippen molar-refractivity contribution in [3.8, 4) is 0 Å². The fourth-order valence-electron chi connectivity index (χ4n) is 1.40. The van der Waals surface area contributed by atoms with Gasteiger partial charge in [-0.25, -0.2) is 8.42 Å². The predicted octanol–water partition coefficient (Wildman–Crippen LogP) is 2.15. The quantitative estimate of drug-likeness (QED) is 0.802. The summed E-state index contributed by atoms with van der Waals surface area (Å²) in [5, 5.41) is 0. The lowest BCUT2D eigenvalue weighted by Gasteiger charge is -2.07. The molecule has 0 bridgehead atoms. The van der Waals surface area contributed by atoms with Gasteiger partial charge in [0.15, 0.2) is 9.84 Å². The highest BCUT2D eigenvalue weighted by atomic mass is 32.2. The summed E-state index contributed by atoms with van der Waals surface area (Å²) in [7, 11) is -3.16. The first-order chi connectivity index (χ1) is 6.97. The van der Waals surface area contributed by atoms with Crippen LogP contribution in [0.15, 0.2) is 23.1 Å². The van der Waals surface area contributed by atoms with Crippen molar-refractivity contribution in [1.29, 1.82) is 0 Å². The zero-order valence-electron chi connectivity index (χ0n) is 9.16. The van der Waals surface area contributed by atoms with E-state index in [1.807, 2.05) is 6.92 Å². The van der Waals surface area contributed by atoms with Gasteiger partial charge in [0.1, 0.15) is 0 Å². The number of anilines is 1. The maximum Gasteiger partial charge on any atom is 0.178 e. The third-order valence-electron chi connectivity index (χ3n) is 2.31. The molecule has 1 aromatic rings. The fourth-order valence-corrected chi connectivity index (χ4v) is 3.16. The molecule has 0 aliphatic carbocycles. The summed E-state index contributed by atoms with van der Waals surface area (Å²) < 4.78 is 23.8. The van der Waals surface area contributed by atoms with Crippen LogP contribution < -0.4 is 5.73 Å². The molecule has 0 atom stereocenters. The van der Waals surface area contributed by atoms with Gasteiger partial charge in [-0.15, -0.1) is 0 Å². The van der Waals surface area contributed by atoms with Gasteiger partial charge in [0, 0.05) is 5.69 Å². The molecule has 0 unspecified atom stereocenters. The van der Waals surface area contributed by atoms with Gasteiger partial charge >= 0.3 is 0 Å². The molecule has 0 aromatic heterocycles. The van der Waals surface area contributed by atoms with Gasteiger partial charge in [0.05, 0.1) is 10.6 Å². The van der Waals surface area contributed by atoms with E-state index < -0.39 is 9.84 Å². The number of rotatable bonds is 4. The minimum Gasteiger partial charge on any atom is -0.399 e. The molecule has 4 heteroatoms. The number of benzene rings is 1. The van der Waals surface area contributed by atoms with E-state index in [-0.39, 0.29) is 5.75 Å². The Morgan fingerprint density at radius 1 is 1.33 bits per heavy atom. The number of aryl methyl sites for hydroxylation is 1. The average molecular weight is 227 g/mol. The highest BCUT2D eigenvalue weighted by Gasteiger charge is 2.16. The minimum absolute atomic E-state index is 0.202. The Hall–Kier alpha value is -1.03. The van der Waals surface area contributed by atoms with Crippen molar-refractivity contribution in [2.75, 3.05) is 11.5 Å². The fraction of sp³-hybridized carbons (Fsp3) is 0.455. The lowest BCUT2D eigenvalue weighted by molar-refractivity contribution is 0.592. The summed E-state index contributed by atoms with van der Waals surface area (Å²) in [4.78, 5) is 0.371. The number of nitrogen functional groups attached to an aromatic ring is 1. The average Bonchev–Trinajstić information content (AvgIpc) is 2.18. The topological polar surface area (TPSA) is 60.2 Å². The summed E-state index contributed by atoms with van der Waals surface area (Å²) in [5.74, 6) is 0.202. The van der Waals surface area contributed by atoms with E-state index in [9.17, 15) is 8.42 Å². The second kappa shape index (κ2) is 4.66.